The van der Waals surface area contributed by atoms with Crippen molar-refractivity contribution in [3.8, 4) is 5.75 Å². The number of hydrogen-bond donors (Lipinski definition) is 3. The van der Waals surface area contributed by atoms with Crippen molar-refractivity contribution in [2.75, 3.05) is 31.5 Å². The smallest absolute Gasteiger partial charge is 0.260 e. The van der Waals surface area contributed by atoms with E-state index in [-0.39, 0.29) is 11.7 Å². The summed E-state index contributed by atoms with van der Waals surface area (Å²) in [5.41, 5.74) is 7.77. The highest BCUT2D eigenvalue weighted by Gasteiger charge is 2.24. The molecule has 10 heteroatoms. The van der Waals surface area contributed by atoms with Crippen molar-refractivity contribution in [1.29, 1.82) is 0 Å². The van der Waals surface area contributed by atoms with Crippen molar-refractivity contribution in [1.82, 2.24) is 30.2 Å². The van der Waals surface area contributed by atoms with Gasteiger partial charge in [0.05, 0.1) is 17.7 Å². The lowest BCUT2D eigenvalue weighted by Crippen LogP contribution is -2.34. The Balaban J connectivity index is 1.22. The van der Waals surface area contributed by atoms with Gasteiger partial charge >= 0.3 is 0 Å². The van der Waals surface area contributed by atoms with Crippen LogP contribution in [-0.4, -0.2) is 51.8 Å². The minimum atomic E-state index is 0.00621. The zero-order chi connectivity index (χ0) is 28.5. The van der Waals surface area contributed by atoms with Crippen LogP contribution in [0.1, 0.15) is 67.5 Å². The number of benzene rings is 1. The Hall–Kier alpha value is -3.60. The van der Waals surface area contributed by atoms with Crippen LogP contribution in [0.2, 0.25) is 0 Å². The lowest BCUT2D eigenvalue weighted by atomic mass is 10.0. The highest BCUT2D eigenvalue weighted by molar-refractivity contribution is 7.09. The molecule has 9 nitrogen and oxygen atoms in total. The molecule has 1 unspecified atom stereocenters. The van der Waals surface area contributed by atoms with Crippen molar-refractivity contribution in [2.45, 2.75) is 64.0 Å². The first-order valence-electron chi connectivity index (χ1n) is 15.1. The molecule has 1 aliphatic carbocycles. The molecule has 0 amide bonds. The fourth-order valence-electron chi connectivity index (χ4n) is 6.46. The van der Waals surface area contributed by atoms with Crippen LogP contribution < -0.4 is 26.2 Å². The highest BCUT2D eigenvalue weighted by Crippen LogP contribution is 2.34. The lowest BCUT2D eigenvalue weighted by Gasteiger charge is -2.23. The molecule has 5 heterocycles. The van der Waals surface area contributed by atoms with Gasteiger partial charge in [-0.05, 0) is 101 Å². The lowest BCUT2D eigenvalue weighted by molar-refractivity contribution is 0.162. The molecule has 2 aliphatic heterocycles. The van der Waals surface area contributed by atoms with Gasteiger partial charge in [0, 0.05) is 40.2 Å². The van der Waals surface area contributed by atoms with E-state index in [1.807, 2.05) is 46.6 Å². The van der Waals surface area contributed by atoms with Gasteiger partial charge in [-0.2, -0.15) is 4.98 Å². The van der Waals surface area contributed by atoms with E-state index in [0.717, 1.165) is 97.7 Å². The molecule has 0 spiro atoms. The Labute approximate surface area is 249 Å². The Bertz CT molecular complexity index is 1660. The van der Waals surface area contributed by atoms with Crippen molar-refractivity contribution >= 4 is 39.6 Å². The van der Waals surface area contributed by atoms with E-state index < -0.39 is 0 Å². The summed E-state index contributed by atoms with van der Waals surface area (Å²) in [6.45, 7) is 6.52. The van der Waals surface area contributed by atoms with Crippen LogP contribution in [0.25, 0.3) is 16.6 Å². The number of piperidine rings is 1. The highest BCUT2D eigenvalue weighted by atomic mass is 32.1. The summed E-state index contributed by atoms with van der Waals surface area (Å²) < 4.78 is 7.99. The third-order valence-electron chi connectivity index (χ3n) is 8.77. The molecule has 2 saturated heterocycles. The number of rotatable bonds is 8. The van der Waals surface area contributed by atoms with Gasteiger partial charge in [-0.3, -0.25) is 9.36 Å². The summed E-state index contributed by atoms with van der Waals surface area (Å²) in [4.78, 5) is 29.5. The zero-order valence-electron chi connectivity index (χ0n) is 24.0. The number of hydrogen-bond acceptors (Lipinski definition) is 9. The Morgan fingerprint density at radius 1 is 1.07 bits per heavy atom. The first-order chi connectivity index (χ1) is 20.6. The van der Waals surface area contributed by atoms with Crippen LogP contribution in [0.5, 0.6) is 5.75 Å². The zero-order valence-corrected chi connectivity index (χ0v) is 24.8. The van der Waals surface area contributed by atoms with Crippen LogP contribution in [0.3, 0.4) is 0 Å². The average Bonchev–Trinajstić information content (AvgIpc) is 3.79. The minimum absolute atomic E-state index is 0.00621. The van der Waals surface area contributed by atoms with E-state index in [4.69, 9.17) is 14.7 Å². The summed E-state index contributed by atoms with van der Waals surface area (Å²) in [5, 5.41) is 11.0. The molecule has 1 aromatic carbocycles. The summed E-state index contributed by atoms with van der Waals surface area (Å²) in [6.07, 6.45) is 8.26. The van der Waals surface area contributed by atoms with Crippen LogP contribution in [0.4, 0.5) is 11.6 Å². The SMILES string of the molecule is CC1=C(c2cc3cnc(Nc4ccc(OC5CCNCC5)cc4)nc3n(Cc3scnc3C3CCNC3)c2=O)CCC1. The largest absolute Gasteiger partial charge is 0.490 e. The molecule has 2 fully saturated rings. The Morgan fingerprint density at radius 3 is 2.67 bits per heavy atom. The maximum absolute atomic E-state index is 14.1. The molecule has 0 radical (unpaired) electrons. The van der Waals surface area contributed by atoms with Crippen molar-refractivity contribution < 1.29 is 4.74 Å². The maximum atomic E-state index is 14.1. The van der Waals surface area contributed by atoms with Crippen molar-refractivity contribution in [3.63, 3.8) is 0 Å². The van der Waals surface area contributed by atoms with Crippen LogP contribution in [0.15, 0.2) is 52.4 Å². The summed E-state index contributed by atoms with van der Waals surface area (Å²) in [7, 11) is 0. The first kappa shape index (κ1) is 27.2. The average molecular weight is 584 g/mol. The van der Waals surface area contributed by atoms with E-state index in [2.05, 4.69) is 27.9 Å². The monoisotopic (exact) mass is 583 g/mol. The third-order valence-corrected chi connectivity index (χ3v) is 9.60. The number of ether oxygens (including phenoxy) is 1. The van der Waals surface area contributed by atoms with Gasteiger partial charge in [0.15, 0.2) is 0 Å². The third kappa shape index (κ3) is 5.58. The van der Waals surface area contributed by atoms with E-state index in [1.54, 1.807) is 11.3 Å². The molecule has 3 aromatic heterocycles. The van der Waals surface area contributed by atoms with Gasteiger partial charge in [-0.1, -0.05) is 5.57 Å². The van der Waals surface area contributed by atoms with Crippen LogP contribution in [0, 0.1) is 0 Å². The number of fused-ring (bicyclic) bond motifs is 1. The number of anilines is 2. The van der Waals surface area contributed by atoms with Gasteiger partial charge in [-0.25, -0.2) is 9.97 Å². The second kappa shape index (κ2) is 11.9. The van der Waals surface area contributed by atoms with E-state index in [1.165, 1.54) is 11.1 Å². The fourth-order valence-corrected chi connectivity index (χ4v) is 7.29. The van der Waals surface area contributed by atoms with Crippen LogP contribution >= 0.6 is 11.3 Å². The van der Waals surface area contributed by atoms with Gasteiger partial charge < -0.3 is 20.7 Å². The van der Waals surface area contributed by atoms with Crippen LogP contribution in [-0.2, 0) is 6.54 Å². The molecule has 7 rings (SSSR count). The first-order valence-corrected chi connectivity index (χ1v) is 16.0. The number of pyridine rings is 1. The molecule has 3 aliphatic rings. The molecule has 218 valence electrons. The number of allylic oxidation sites excluding steroid dienone is 2. The summed E-state index contributed by atoms with van der Waals surface area (Å²) >= 11 is 1.62. The number of nitrogens with zero attached hydrogens (tertiary/aromatic N) is 4. The van der Waals surface area contributed by atoms with Gasteiger partial charge in [-0.15, -0.1) is 11.3 Å². The predicted octanol–water partition coefficient (Wildman–Crippen LogP) is 5.21. The van der Waals surface area contributed by atoms with Gasteiger partial charge in [0.25, 0.3) is 5.56 Å². The predicted molar refractivity (Wildman–Crippen MR) is 168 cm³/mol. The Morgan fingerprint density at radius 2 is 1.90 bits per heavy atom. The maximum Gasteiger partial charge on any atom is 0.260 e. The molecular weight excluding hydrogens is 546 g/mol. The molecule has 42 heavy (non-hydrogen) atoms. The van der Waals surface area contributed by atoms with E-state index >= 15 is 0 Å². The van der Waals surface area contributed by atoms with Gasteiger partial charge in [0.1, 0.15) is 17.5 Å². The fraction of sp³-hybridized carbons (Fsp3) is 0.438. The molecule has 3 N–H and O–H groups in total. The molecule has 4 aromatic rings. The molecule has 1 atom stereocenters. The van der Waals surface area contributed by atoms with Crippen molar-refractivity contribution in [2.24, 2.45) is 0 Å². The van der Waals surface area contributed by atoms with Crippen molar-refractivity contribution in [3.05, 3.63) is 74.1 Å². The normalized spacial score (nSPS) is 19.6. The van der Waals surface area contributed by atoms with Gasteiger partial charge in [0.2, 0.25) is 5.95 Å². The quantitative estimate of drug-likeness (QED) is 0.260. The second-order valence-corrected chi connectivity index (χ2v) is 12.5. The molecular formula is C32H37N7O2S. The summed E-state index contributed by atoms with van der Waals surface area (Å²) in [5.74, 6) is 1.70. The Kier molecular flexibility index (Phi) is 7.75. The standard InChI is InChI=1S/C32H37N7O2S/c1-20-3-2-4-26(20)27-15-22-17-35-32(37-23-5-7-24(8-6-23)41-25-10-13-33-14-11-25)38-30(22)39(31(27)40)18-28-29(36-19-42-28)21-9-12-34-16-21/h5-8,15,17,19,21,25,33-34H,2-4,9-14,16,18H2,1H3,(H,35,37,38). The number of aromatic nitrogens is 4. The van der Waals surface area contributed by atoms with E-state index in [9.17, 15) is 4.79 Å². The second-order valence-electron chi connectivity index (χ2n) is 11.6. The minimum Gasteiger partial charge on any atom is -0.490 e. The molecule has 0 saturated carbocycles. The van der Waals surface area contributed by atoms with E-state index in [0.29, 0.717) is 24.1 Å². The number of nitrogens with one attached hydrogen (secondary N) is 3. The topological polar surface area (TPSA) is 106 Å². The molecule has 0 bridgehead atoms. The summed E-state index contributed by atoms with van der Waals surface area (Å²) in [6, 6.07) is 9.91. The number of thiazole rings is 1.